The summed E-state index contributed by atoms with van der Waals surface area (Å²) in [5.74, 6) is -1.27. The van der Waals surface area contributed by atoms with Gasteiger partial charge < -0.3 is 19.9 Å². The highest BCUT2D eigenvalue weighted by Gasteiger charge is 2.94. The molecular formula is C17H16N4O3. The van der Waals surface area contributed by atoms with E-state index in [0.29, 0.717) is 12.4 Å². The van der Waals surface area contributed by atoms with Crippen LogP contribution < -0.4 is 10.5 Å². The van der Waals surface area contributed by atoms with Gasteiger partial charge in [0.15, 0.2) is 5.41 Å². The van der Waals surface area contributed by atoms with Crippen molar-refractivity contribution < 1.29 is 14.2 Å². The van der Waals surface area contributed by atoms with E-state index < -0.39 is 22.7 Å². The first kappa shape index (κ1) is 14.9. The van der Waals surface area contributed by atoms with E-state index in [2.05, 4.69) is 17.1 Å². The third-order valence-electron chi connectivity index (χ3n) is 5.23. The molecule has 1 aromatic rings. The van der Waals surface area contributed by atoms with Crippen LogP contribution in [0.1, 0.15) is 18.4 Å². The molecule has 1 spiro atoms. The molecule has 2 N–H and O–H groups in total. The maximum atomic E-state index is 10.0. The summed E-state index contributed by atoms with van der Waals surface area (Å²) in [6, 6.07) is 11.8. The number of ether oxygens (including phenoxy) is 3. The molecule has 7 nitrogen and oxygen atoms in total. The number of nitriles is 2. The van der Waals surface area contributed by atoms with Gasteiger partial charge in [-0.15, -0.1) is 0 Å². The molecule has 122 valence electrons. The van der Waals surface area contributed by atoms with Crippen molar-refractivity contribution in [2.75, 3.05) is 13.7 Å². The number of fused-ring (bicyclic) bond motifs is 2. The average Bonchev–Trinajstić information content (AvgIpc) is 2.99. The van der Waals surface area contributed by atoms with Crippen molar-refractivity contribution in [3.8, 4) is 17.9 Å². The van der Waals surface area contributed by atoms with E-state index >= 15 is 0 Å². The lowest BCUT2D eigenvalue weighted by Crippen LogP contribution is -2.39. The summed E-state index contributed by atoms with van der Waals surface area (Å²) < 4.78 is 16.9. The minimum absolute atomic E-state index is 0.0912. The van der Waals surface area contributed by atoms with Gasteiger partial charge in [-0.25, -0.2) is 4.99 Å². The van der Waals surface area contributed by atoms with E-state index in [1.807, 2.05) is 19.1 Å². The molecule has 24 heavy (non-hydrogen) atoms. The number of nitrogens with zero attached hydrogens (tertiary/aromatic N) is 3. The van der Waals surface area contributed by atoms with E-state index in [9.17, 15) is 10.5 Å². The first-order chi connectivity index (χ1) is 11.5. The Labute approximate surface area is 139 Å². The van der Waals surface area contributed by atoms with Crippen LogP contribution in [0.25, 0.3) is 0 Å². The van der Waals surface area contributed by atoms with Gasteiger partial charge in [-0.2, -0.15) is 10.5 Å². The van der Waals surface area contributed by atoms with E-state index in [-0.39, 0.29) is 11.9 Å². The SMILES string of the molecule is COc1cccc([C@H]2[C@@]3(C#N)[C@]4(N=C(N)[C@@]23C#N)OC[C@H](C)O4)c1. The van der Waals surface area contributed by atoms with Crippen molar-refractivity contribution >= 4 is 5.84 Å². The van der Waals surface area contributed by atoms with Crippen molar-refractivity contribution in [3.63, 3.8) is 0 Å². The Hall–Kier alpha value is -2.61. The van der Waals surface area contributed by atoms with E-state index in [0.717, 1.165) is 5.56 Å². The van der Waals surface area contributed by atoms with Gasteiger partial charge in [0.05, 0.1) is 32.0 Å². The molecule has 0 aromatic heterocycles. The number of benzene rings is 1. The first-order valence-corrected chi connectivity index (χ1v) is 7.65. The Balaban J connectivity index is 1.90. The molecule has 1 saturated heterocycles. The number of methoxy groups -OCH3 is 1. The van der Waals surface area contributed by atoms with Gasteiger partial charge in [0.25, 0.3) is 5.91 Å². The molecule has 2 aliphatic heterocycles. The quantitative estimate of drug-likeness (QED) is 0.876. The zero-order chi connectivity index (χ0) is 17.2. The summed E-state index contributed by atoms with van der Waals surface area (Å²) in [5.41, 5.74) is 4.34. The number of rotatable bonds is 2. The number of nitrogens with two attached hydrogens (primary N) is 1. The minimum Gasteiger partial charge on any atom is -0.497 e. The lowest BCUT2D eigenvalue weighted by molar-refractivity contribution is -0.193. The molecule has 0 unspecified atom stereocenters. The Bertz CT molecular complexity index is 841. The Morgan fingerprint density at radius 3 is 2.75 bits per heavy atom. The zero-order valence-corrected chi connectivity index (χ0v) is 13.3. The van der Waals surface area contributed by atoms with E-state index in [1.165, 1.54) is 0 Å². The van der Waals surface area contributed by atoms with Crippen LogP contribution in [0.15, 0.2) is 29.3 Å². The van der Waals surface area contributed by atoms with Crippen LogP contribution >= 0.6 is 0 Å². The van der Waals surface area contributed by atoms with Gasteiger partial charge in [-0.3, -0.25) is 0 Å². The summed E-state index contributed by atoms with van der Waals surface area (Å²) in [6.45, 7) is 2.13. The first-order valence-electron chi connectivity index (χ1n) is 7.65. The summed E-state index contributed by atoms with van der Waals surface area (Å²) in [7, 11) is 1.56. The number of amidine groups is 1. The van der Waals surface area contributed by atoms with E-state index in [1.54, 1.807) is 19.2 Å². The average molecular weight is 324 g/mol. The van der Waals surface area contributed by atoms with Crippen LogP contribution in [0.3, 0.4) is 0 Å². The molecule has 1 saturated carbocycles. The summed E-state index contributed by atoms with van der Waals surface area (Å²) >= 11 is 0. The predicted octanol–water partition coefficient (Wildman–Crippen LogP) is 1.27. The highest BCUT2D eigenvalue weighted by molar-refractivity contribution is 6.00. The minimum atomic E-state index is -1.52. The van der Waals surface area contributed by atoms with Crippen molar-refractivity contribution in [1.82, 2.24) is 0 Å². The molecule has 1 aromatic carbocycles. The normalized spacial score (nSPS) is 42.1. The number of aliphatic imine (C=N–C) groups is 1. The summed E-state index contributed by atoms with van der Waals surface area (Å²) in [6.07, 6.45) is -0.229. The van der Waals surface area contributed by atoms with Crippen molar-refractivity contribution in [1.29, 1.82) is 10.5 Å². The van der Waals surface area contributed by atoms with Crippen molar-refractivity contribution in [2.45, 2.75) is 24.9 Å². The lowest BCUT2D eigenvalue weighted by Gasteiger charge is -2.26. The fourth-order valence-electron chi connectivity index (χ4n) is 4.18. The molecule has 2 fully saturated rings. The second-order valence-corrected chi connectivity index (χ2v) is 6.37. The molecule has 1 aliphatic carbocycles. The second kappa shape index (κ2) is 4.47. The zero-order valence-electron chi connectivity index (χ0n) is 13.3. The molecule has 5 atom stereocenters. The molecule has 0 bridgehead atoms. The van der Waals surface area contributed by atoms with Crippen LogP contribution in [0.2, 0.25) is 0 Å². The van der Waals surface area contributed by atoms with Crippen LogP contribution in [0.4, 0.5) is 0 Å². The van der Waals surface area contributed by atoms with Crippen LogP contribution in [0, 0.1) is 33.5 Å². The number of hydrogen-bond donors (Lipinski definition) is 1. The predicted molar refractivity (Wildman–Crippen MR) is 82.7 cm³/mol. The standard InChI is InChI=1S/C17H16N4O3/c1-10-7-23-17(24-10)16(9-19)13(15(16,8-18)14(20)21-17)11-4-3-5-12(6-11)22-2/h3-6,10,13H,7H2,1-2H3,(H2,20,21)/t10-,13+,15+,16+,17-/m0/s1. The topological polar surface area (TPSA) is 114 Å². The van der Waals surface area contributed by atoms with Gasteiger partial charge in [0.2, 0.25) is 0 Å². The summed E-state index contributed by atoms with van der Waals surface area (Å²) in [5, 5.41) is 19.9. The van der Waals surface area contributed by atoms with Gasteiger partial charge in [-0.05, 0) is 24.6 Å². The monoisotopic (exact) mass is 324 g/mol. The van der Waals surface area contributed by atoms with Gasteiger partial charge >= 0.3 is 0 Å². The number of hydrogen-bond acceptors (Lipinski definition) is 7. The lowest BCUT2D eigenvalue weighted by atomic mass is 9.94. The largest absolute Gasteiger partial charge is 0.497 e. The van der Waals surface area contributed by atoms with Crippen molar-refractivity contribution in [2.24, 2.45) is 21.6 Å². The second-order valence-electron chi connectivity index (χ2n) is 6.37. The molecule has 0 radical (unpaired) electrons. The maximum absolute atomic E-state index is 10.0. The molecule has 0 amide bonds. The molecule has 2 heterocycles. The van der Waals surface area contributed by atoms with Gasteiger partial charge in [-0.1, -0.05) is 12.1 Å². The third-order valence-corrected chi connectivity index (χ3v) is 5.23. The van der Waals surface area contributed by atoms with Crippen LogP contribution in [-0.4, -0.2) is 31.6 Å². The highest BCUT2D eigenvalue weighted by Crippen LogP contribution is 2.82. The maximum Gasteiger partial charge on any atom is 0.293 e. The molecule has 7 heteroatoms. The highest BCUT2D eigenvalue weighted by atomic mass is 16.8. The Morgan fingerprint density at radius 1 is 1.38 bits per heavy atom. The molecular weight excluding hydrogens is 308 g/mol. The Morgan fingerprint density at radius 2 is 2.17 bits per heavy atom. The van der Waals surface area contributed by atoms with Crippen molar-refractivity contribution in [3.05, 3.63) is 29.8 Å². The van der Waals surface area contributed by atoms with Crippen LogP contribution in [-0.2, 0) is 9.47 Å². The van der Waals surface area contributed by atoms with Gasteiger partial charge in [0, 0.05) is 5.92 Å². The fraction of sp³-hybridized carbons (Fsp3) is 0.471. The third kappa shape index (κ3) is 1.36. The van der Waals surface area contributed by atoms with Gasteiger partial charge in [0.1, 0.15) is 17.0 Å². The smallest absolute Gasteiger partial charge is 0.293 e. The Kier molecular flexibility index (Phi) is 2.79. The summed E-state index contributed by atoms with van der Waals surface area (Å²) in [4.78, 5) is 4.28. The molecule has 4 rings (SSSR count). The fourth-order valence-corrected chi connectivity index (χ4v) is 4.18. The van der Waals surface area contributed by atoms with E-state index in [4.69, 9.17) is 19.9 Å². The van der Waals surface area contributed by atoms with Crippen LogP contribution in [0.5, 0.6) is 5.75 Å². The molecule has 3 aliphatic rings.